The maximum Gasteiger partial charge on any atom is 0.136 e. The van der Waals surface area contributed by atoms with E-state index in [0.29, 0.717) is 5.03 Å². The second-order valence-corrected chi connectivity index (χ2v) is 6.40. The number of fused-ring (bicyclic) bond motifs is 1. The first-order chi connectivity index (χ1) is 10.1. The van der Waals surface area contributed by atoms with E-state index in [1.165, 1.54) is 5.69 Å². The number of hydrogen-bond acceptors (Lipinski definition) is 3. The highest BCUT2D eigenvalue weighted by molar-refractivity contribution is 7.20. The van der Waals surface area contributed by atoms with Gasteiger partial charge in [-0.15, -0.1) is 11.3 Å². The zero-order valence-electron chi connectivity index (χ0n) is 11.9. The molecule has 21 heavy (non-hydrogen) atoms. The third-order valence-corrected chi connectivity index (χ3v) is 4.67. The van der Waals surface area contributed by atoms with Crippen molar-refractivity contribution in [1.29, 1.82) is 0 Å². The van der Waals surface area contributed by atoms with Gasteiger partial charge in [-0.05, 0) is 35.9 Å². The van der Waals surface area contributed by atoms with Crippen LogP contribution in [-0.2, 0) is 0 Å². The molecule has 106 valence electrons. The molecular formula is C17H15ClN2S. The number of rotatable bonds is 3. The quantitative estimate of drug-likeness (QED) is 0.668. The van der Waals surface area contributed by atoms with Crippen LogP contribution in [0.4, 0.5) is 5.69 Å². The summed E-state index contributed by atoms with van der Waals surface area (Å²) >= 11 is 8.03. The SMILES string of the molecule is CN(C)c1ccc(C=C(Cl)c2nc3ccccc3s2)cc1. The Bertz CT molecular complexity index is 755. The number of halogens is 1. The summed E-state index contributed by atoms with van der Waals surface area (Å²) in [4.78, 5) is 6.64. The molecule has 0 fully saturated rings. The smallest absolute Gasteiger partial charge is 0.136 e. The number of nitrogens with zero attached hydrogens (tertiary/aromatic N) is 2. The molecule has 1 aromatic heterocycles. The molecular weight excluding hydrogens is 300 g/mol. The first kappa shape index (κ1) is 14.1. The second kappa shape index (κ2) is 5.88. The lowest BCUT2D eigenvalue weighted by molar-refractivity contribution is 1.13. The van der Waals surface area contributed by atoms with E-state index in [0.717, 1.165) is 20.8 Å². The monoisotopic (exact) mass is 314 g/mol. The molecule has 0 N–H and O–H groups in total. The first-order valence-corrected chi connectivity index (χ1v) is 7.83. The highest BCUT2D eigenvalue weighted by Crippen LogP contribution is 2.30. The molecule has 0 saturated heterocycles. The first-order valence-electron chi connectivity index (χ1n) is 6.64. The van der Waals surface area contributed by atoms with Crippen LogP contribution in [0.15, 0.2) is 48.5 Å². The normalized spacial score (nSPS) is 11.9. The van der Waals surface area contributed by atoms with Gasteiger partial charge in [0.05, 0.1) is 15.2 Å². The molecule has 0 unspecified atom stereocenters. The van der Waals surface area contributed by atoms with Crippen LogP contribution in [0.3, 0.4) is 0 Å². The van der Waals surface area contributed by atoms with Gasteiger partial charge in [0.15, 0.2) is 0 Å². The van der Waals surface area contributed by atoms with Crippen molar-refractivity contribution in [1.82, 2.24) is 4.98 Å². The van der Waals surface area contributed by atoms with Crippen molar-refractivity contribution in [2.75, 3.05) is 19.0 Å². The fourth-order valence-corrected chi connectivity index (χ4v) is 3.21. The van der Waals surface area contributed by atoms with Crippen molar-refractivity contribution in [3.8, 4) is 0 Å². The Hall–Kier alpha value is -1.84. The molecule has 0 radical (unpaired) electrons. The Morgan fingerprint density at radius 3 is 2.48 bits per heavy atom. The number of aromatic nitrogens is 1. The van der Waals surface area contributed by atoms with E-state index in [4.69, 9.17) is 11.6 Å². The Morgan fingerprint density at radius 2 is 1.81 bits per heavy atom. The zero-order chi connectivity index (χ0) is 14.8. The van der Waals surface area contributed by atoms with Crippen molar-refractivity contribution in [3.05, 3.63) is 59.1 Å². The molecule has 2 nitrogen and oxygen atoms in total. The van der Waals surface area contributed by atoms with Gasteiger partial charge in [0, 0.05) is 19.8 Å². The van der Waals surface area contributed by atoms with Gasteiger partial charge in [0.2, 0.25) is 0 Å². The molecule has 0 saturated carbocycles. The molecule has 0 aliphatic heterocycles. The van der Waals surface area contributed by atoms with E-state index in [1.54, 1.807) is 11.3 Å². The summed E-state index contributed by atoms with van der Waals surface area (Å²) in [6.45, 7) is 0. The highest BCUT2D eigenvalue weighted by atomic mass is 35.5. The highest BCUT2D eigenvalue weighted by Gasteiger charge is 2.06. The van der Waals surface area contributed by atoms with Crippen LogP contribution in [0.2, 0.25) is 0 Å². The molecule has 2 aromatic carbocycles. The maximum absolute atomic E-state index is 6.41. The average Bonchev–Trinajstić information content (AvgIpc) is 2.92. The van der Waals surface area contributed by atoms with E-state index in [9.17, 15) is 0 Å². The molecule has 3 rings (SSSR count). The largest absolute Gasteiger partial charge is 0.378 e. The maximum atomic E-state index is 6.41. The third kappa shape index (κ3) is 3.09. The number of anilines is 1. The Kier molecular flexibility index (Phi) is 3.95. The Morgan fingerprint density at radius 1 is 1.10 bits per heavy atom. The van der Waals surface area contributed by atoms with Crippen LogP contribution in [0.25, 0.3) is 21.3 Å². The Labute approximate surface area is 133 Å². The summed E-state index contributed by atoms with van der Waals surface area (Å²) in [5.74, 6) is 0. The van der Waals surface area contributed by atoms with Gasteiger partial charge in [-0.1, -0.05) is 35.9 Å². The van der Waals surface area contributed by atoms with Crippen molar-refractivity contribution in [3.63, 3.8) is 0 Å². The van der Waals surface area contributed by atoms with Crippen LogP contribution < -0.4 is 4.90 Å². The molecule has 0 amide bonds. The van der Waals surface area contributed by atoms with Crippen LogP contribution in [0.1, 0.15) is 10.6 Å². The van der Waals surface area contributed by atoms with Gasteiger partial charge in [-0.3, -0.25) is 0 Å². The van der Waals surface area contributed by atoms with Gasteiger partial charge < -0.3 is 4.90 Å². The van der Waals surface area contributed by atoms with Gasteiger partial charge >= 0.3 is 0 Å². The lowest BCUT2D eigenvalue weighted by atomic mass is 10.2. The zero-order valence-corrected chi connectivity index (χ0v) is 13.4. The molecule has 3 aromatic rings. The predicted molar refractivity (Wildman–Crippen MR) is 94.1 cm³/mol. The minimum Gasteiger partial charge on any atom is -0.378 e. The number of hydrogen-bond donors (Lipinski definition) is 0. The summed E-state index contributed by atoms with van der Waals surface area (Å²) < 4.78 is 1.15. The average molecular weight is 315 g/mol. The second-order valence-electron chi connectivity index (χ2n) is 4.96. The lowest BCUT2D eigenvalue weighted by Crippen LogP contribution is -2.07. The topological polar surface area (TPSA) is 16.1 Å². The number of benzene rings is 2. The van der Waals surface area contributed by atoms with Crippen molar-refractivity contribution in [2.45, 2.75) is 0 Å². The molecule has 0 aliphatic carbocycles. The summed E-state index contributed by atoms with van der Waals surface area (Å²) in [5.41, 5.74) is 3.24. The fraction of sp³-hybridized carbons (Fsp3) is 0.118. The molecule has 0 atom stereocenters. The number of para-hydroxylation sites is 1. The van der Waals surface area contributed by atoms with E-state index >= 15 is 0 Å². The predicted octanol–water partition coefficient (Wildman–Crippen LogP) is 5.10. The van der Waals surface area contributed by atoms with Crippen LogP contribution in [0.5, 0.6) is 0 Å². The molecule has 0 aliphatic rings. The van der Waals surface area contributed by atoms with Gasteiger partial charge in [0.1, 0.15) is 5.01 Å². The van der Waals surface area contributed by atoms with E-state index < -0.39 is 0 Å². The summed E-state index contributed by atoms with van der Waals surface area (Å²) in [6.07, 6.45) is 1.96. The lowest BCUT2D eigenvalue weighted by Gasteiger charge is -2.11. The van der Waals surface area contributed by atoms with Crippen molar-refractivity contribution in [2.24, 2.45) is 0 Å². The third-order valence-electron chi connectivity index (χ3n) is 3.20. The molecule has 1 heterocycles. The van der Waals surface area contributed by atoms with Crippen LogP contribution in [-0.4, -0.2) is 19.1 Å². The minimum atomic E-state index is 0.675. The molecule has 0 bridgehead atoms. The van der Waals surface area contributed by atoms with E-state index in [2.05, 4.69) is 40.2 Å². The fourth-order valence-electron chi connectivity index (χ4n) is 2.05. The van der Waals surface area contributed by atoms with Gasteiger partial charge in [-0.25, -0.2) is 4.98 Å². The summed E-state index contributed by atoms with van der Waals surface area (Å²) in [7, 11) is 4.05. The van der Waals surface area contributed by atoms with Crippen molar-refractivity contribution < 1.29 is 0 Å². The summed E-state index contributed by atoms with van der Waals surface area (Å²) in [6, 6.07) is 16.3. The molecule has 0 spiro atoms. The number of thiazole rings is 1. The van der Waals surface area contributed by atoms with Gasteiger partial charge in [0.25, 0.3) is 0 Å². The van der Waals surface area contributed by atoms with Crippen molar-refractivity contribution >= 4 is 50.0 Å². The van der Waals surface area contributed by atoms with E-state index in [1.807, 2.05) is 38.4 Å². The Balaban J connectivity index is 1.91. The van der Waals surface area contributed by atoms with Gasteiger partial charge in [-0.2, -0.15) is 0 Å². The van der Waals surface area contributed by atoms with Crippen LogP contribution in [0, 0.1) is 0 Å². The summed E-state index contributed by atoms with van der Waals surface area (Å²) in [5, 5.41) is 1.53. The standard InChI is InChI=1S/C17H15ClN2S/c1-20(2)13-9-7-12(8-10-13)11-14(18)17-19-15-5-3-4-6-16(15)21-17/h3-11H,1-2H3. The minimum absolute atomic E-state index is 0.675. The van der Waals surface area contributed by atoms with Crippen LogP contribution >= 0.6 is 22.9 Å². The molecule has 4 heteroatoms. The van der Waals surface area contributed by atoms with E-state index in [-0.39, 0.29) is 0 Å².